The lowest BCUT2D eigenvalue weighted by atomic mass is 10.1. The number of amides is 2. The Morgan fingerprint density at radius 3 is 2.55 bits per heavy atom. The Balaban J connectivity index is 2.10. The van der Waals surface area contributed by atoms with E-state index in [1.807, 2.05) is 0 Å². The maximum Gasteiger partial charge on any atom is 0.337 e. The van der Waals surface area contributed by atoms with Crippen LogP contribution < -0.4 is 5.32 Å². The van der Waals surface area contributed by atoms with E-state index in [1.165, 1.54) is 6.07 Å². The van der Waals surface area contributed by atoms with E-state index in [0.717, 1.165) is 0 Å². The highest BCUT2D eigenvalue weighted by Crippen LogP contribution is 2.22. The van der Waals surface area contributed by atoms with Gasteiger partial charge in [0.15, 0.2) is 0 Å². The molecular formula is C13H15BrN2O4. The summed E-state index contributed by atoms with van der Waals surface area (Å²) in [6, 6.07) is 4.31. The molecule has 1 saturated heterocycles. The summed E-state index contributed by atoms with van der Waals surface area (Å²) in [7, 11) is 0. The number of hydrogen-bond donors (Lipinski definition) is 3. The second-order valence-electron chi connectivity index (χ2n) is 4.64. The van der Waals surface area contributed by atoms with E-state index < -0.39 is 5.97 Å². The molecule has 0 unspecified atom stereocenters. The quantitative estimate of drug-likeness (QED) is 0.767. The minimum absolute atomic E-state index is 0.0322. The van der Waals surface area contributed by atoms with Crippen molar-refractivity contribution in [2.24, 2.45) is 0 Å². The van der Waals surface area contributed by atoms with Gasteiger partial charge in [-0.3, -0.25) is 0 Å². The number of carboxylic acids is 1. The molecule has 1 aliphatic rings. The summed E-state index contributed by atoms with van der Waals surface area (Å²) < 4.78 is 0.633. The van der Waals surface area contributed by atoms with E-state index in [2.05, 4.69) is 21.2 Å². The Bertz CT molecular complexity index is 527. The first-order valence-corrected chi connectivity index (χ1v) is 7.03. The first kappa shape index (κ1) is 14.8. The van der Waals surface area contributed by atoms with Crippen LogP contribution in [0.1, 0.15) is 23.2 Å². The lowest BCUT2D eigenvalue weighted by molar-refractivity contribution is 0.0698. The van der Waals surface area contributed by atoms with Gasteiger partial charge in [0.05, 0.1) is 17.4 Å². The lowest BCUT2D eigenvalue weighted by Gasteiger charge is -2.29. The van der Waals surface area contributed by atoms with E-state index in [4.69, 9.17) is 5.11 Å². The third-order valence-electron chi connectivity index (χ3n) is 3.21. The van der Waals surface area contributed by atoms with Gasteiger partial charge in [-0.2, -0.15) is 0 Å². The Morgan fingerprint density at radius 2 is 1.95 bits per heavy atom. The third-order valence-corrected chi connectivity index (χ3v) is 3.70. The largest absolute Gasteiger partial charge is 0.478 e. The molecule has 0 radical (unpaired) electrons. The normalized spacial score (nSPS) is 16.0. The third kappa shape index (κ3) is 3.49. The molecule has 3 N–H and O–H groups in total. The Hall–Kier alpha value is -1.60. The van der Waals surface area contributed by atoms with Crippen LogP contribution in [-0.2, 0) is 0 Å². The highest BCUT2D eigenvalue weighted by Gasteiger charge is 2.22. The standard InChI is InChI=1S/C13H15BrN2O4/c14-8-1-2-11(10(7-8)12(18)19)15-13(20)16-5-3-9(17)4-6-16/h1-2,7,9,17H,3-6H2,(H,15,20)(H,18,19). The van der Waals surface area contributed by atoms with E-state index in [-0.39, 0.29) is 23.4 Å². The molecule has 1 aromatic carbocycles. The zero-order valence-electron chi connectivity index (χ0n) is 10.7. The van der Waals surface area contributed by atoms with E-state index in [1.54, 1.807) is 17.0 Å². The van der Waals surface area contributed by atoms with Crippen LogP contribution >= 0.6 is 15.9 Å². The fourth-order valence-corrected chi connectivity index (χ4v) is 2.43. The van der Waals surface area contributed by atoms with Crippen LogP contribution in [0.4, 0.5) is 10.5 Å². The number of nitrogens with zero attached hydrogens (tertiary/aromatic N) is 1. The maximum atomic E-state index is 12.1. The number of carboxylic acid groups (broad SMARTS) is 1. The monoisotopic (exact) mass is 342 g/mol. The fraction of sp³-hybridized carbons (Fsp3) is 0.385. The number of benzene rings is 1. The van der Waals surface area contributed by atoms with Crippen LogP contribution in [0.5, 0.6) is 0 Å². The van der Waals surface area contributed by atoms with E-state index >= 15 is 0 Å². The van der Waals surface area contributed by atoms with Crippen molar-refractivity contribution in [3.63, 3.8) is 0 Å². The topological polar surface area (TPSA) is 89.9 Å². The molecule has 2 amide bonds. The van der Waals surface area contributed by atoms with Gasteiger partial charge in [-0.25, -0.2) is 9.59 Å². The minimum atomic E-state index is -1.10. The zero-order valence-corrected chi connectivity index (χ0v) is 12.3. The molecule has 7 heteroatoms. The van der Waals surface area contributed by atoms with Gasteiger partial charge >= 0.3 is 12.0 Å². The molecule has 20 heavy (non-hydrogen) atoms. The van der Waals surface area contributed by atoms with Crippen molar-refractivity contribution in [3.8, 4) is 0 Å². The summed E-state index contributed by atoms with van der Waals surface area (Å²) in [6.45, 7) is 0.928. The molecule has 6 nitrogen and oxygen atoms in total. The first-order valence-electron chi connectivity index (χ1n) is 6.24. The number of aliphatic hydroxyl groups is 1. The van der Waals surface area contributed by atoms with Gasteiger partial charge in [-0.1, -0.05) is 15.9 Å². The number of nitrogens with one attached hydrogen (secondary N) is 1. The van der Waals surface area contributed by atoms with Gasteiger partial charge in [0.1, 0.15) is 0 Å². The molecule has 0 spiro atoms. The number of aromatic carboxylic acids is 1. The lowest BCUT2D eigenvalue weighted by Crippen LogP contribution is -2.42. The van der Waals surface area contributed by atoms with Crippen molar-refractivity contribution >= 4 is 33.6 Å². The molecule has 1 fully saturated rings. The molecule has 0 bridgehead atoms. The number of aliphatic hydroxyl groups excluding tert-OH is 1. The summed E-state index contributed by atoms with van der Waals surface area (Å²) in [4.78, 5) is 24.8. The smallest absolute Gasteiger partial charge is 0.337 e. The average Bonchev–Trinajstić information content (AvgIpc) is 2.41. The predicted octanol–water partition coefficient (Wildman–Crippen LogP) is 2.14. The highest BCUT2D eigenvalue weighted by atomic mass is 79.9. The molecule has 0 aromatic heterocycles. The van der Waals surface area contributed by atoms with Gasteiger partial charge in [-0.15, -0.1) is 0 Å². The van der Waals surface area contributed by atoms with E-state index in [0.29, 0.717) is 30.4 Å². The number of hydrogen-bond acceptors (Lipinski definition) is 3. The maximum absolute atomic E-state index is 12.1. The second kappa shape index (κ2) is 6.23. The minimum Gasteiger partial charge on any atom is -0.478 e. The van der Waals surface area contributed by atoms with Gasteiger partial charge in [0.2, 0.25) is 0 Å². The molecule has 0 aliphatic carbocycles. The van der Waals surface area contributed by atoms with Gasteiger partial charge in [-0.05, 0) is 31.0 Å². The molecule has 1 aromatic rings. The molecule has 0 saturated carbocycles. The van der Waals surface area contributed by atoms with Crippen molar-refractivity contribution in [2.45, 2.75) is 18.9 Å². The number of halogens is 1. The number of anilines is 1. The summed E-state index contributed by atoms with van der Waals surface area (Å²) in [5.74, 6) is -1.10. The van der Waals surface area contributed by atoms with Crippen LogP contribution in [0.15, 0.2) is 22.7 Å². The molecule has 1 aliphatic heterocycles. The number of piperidine rings is 1. The van der Waals surface area contributed by atoms with Gasteiger partial charge in [0, 0.05) is 17.6 Å². The fourth-order valence-electron chi connectivity index (χ4n) is 2.07. The SMILES string of the molecule is O=C(O)c1cc(Br)ccc1NC(=O)N1CCC(O)CC1. The molecular weight excluding hydrogens is 328 g/mol. The van der Waals surface area contributed by atoms with Crippen LogP contribution in [0, 0.1) is 0 Å². The first-order chi connectivity index (χ1) is 9.47. The Kier molecular flexibility index (Phi) is 4.61. The van der Waals surface area contributed by atoms with Crippen LogP contribution in [0.25, 0.3) is 0 Å². The van der Waals surface area contributed by atoms with Crippen LogP contribution in [0.2, 0.25) is 0 Å². The van der Waals surface area contributed by atoms with Crippen LogP contribution in [-0.4, -0.2) is 46.3 Å². The van der Waals surface area contributed by atoms with Crippen molar-refractivity contribution in [2.75, 3.05) is 18.4 Å². The summed E-state index contributed by atoms with van der Waals surface area (Å²) in [5, 5.41) is 21.1. The van der Waals surface area contributed by atoms with Crippen molar-refractivity contribution < 1.29 is 19.8 Å². The second-order valence-corrected chi connectivity index (χ2v) is 5.56. The highest BCUT2D eigenvalue weighted by molar-refractivity contribution is 9.10. The number of rotatable bonds is 2. The summed E-state index contributed by atoms with van der Waals surface area (Å²) >= 11 is 3.20. The van der Waals surface area contributed by atoms with Gasteiger partial charge in [0.25, 0.3) is 0 Å². The summed E-state index contributed by atoms with van der Waals surface area (Å²) in [5.41, 5.74) is 0.293. The number of carbonyl (C=O) groups is 2. The Labute approximate surface area is 124 Å². The molecule has 2 rings (SSSR count). The Morgan fingerprint density at radius 1 is 1.30 bits per heavy atom. The molecule has 0 atom stereocenters. The molecule has 1 heterocycles. The number of carbonyl (C=O) groups excluding carboxylic acids is 1. The average molecular weight is 343 g/mol. The zero-order chi connectivity index (χ0) is 14.7. The molecule has 108 valence electrons. The number of urea groups is 1. The van der Waals surface area contributed by atoms with Crippen molar-refractivity contribution in [3.05, 3.63) is 28.2 Å². The van der Waals surface area contributed by atoms with Crippen molar-refractivity contribution in [1.82, 2.24) is 4.90 Å². The van der Waals surface area contributed by atoms with Crippen LogP contribution in [0.3, 0.4) is 0 Å². The number of likely N-dealkylation sites (tertiary alicyclic amines) is 1. The summed E-state index contributed by atoms with van der Waals surface area (Å²) in [6.07, 6.45) is 0.723. The predicted molar refractivity (Wildman–Crippen MR) is 76.9 cm³/mol. The van der Waals surface area contributed by atoms with Gasteiger partial charge < -0.3 is 20.4 Å². The van der Waals surface area contributed by atoms with Crippen molar-refractivity contribution in [1.29, 1.82) is 0 Å². The van der Waals surface area contributed by atoms with E-state index in [9.17, 15) is 14.7 Å².